The van der Waals surface area contributed by atoms with E-state index in [0.29, 0.717) is 19.6 Å². The smallest absolute Gasteiger partial charge is 0.261 e. The summed E-state index contributed by atoms with van der Waals surface area (Å²) in [6.45, 7) is 1.90. The van der Waals surface area contributed by atoms with Crippen molar-refractivity contribution >= 4 is 18.3 Å². The molecule has 156 valence electrons. The van der Waals surface area contributed by atoms with Gasteiger partial charge >= 0.3 is 0 Å². The highest BCUT2D eigenvalue weighted by Crippen LogP contribution is 2.31. The molecule has 2 aromatic rings. The van der Waals surface area contributed by atoms with E-state index >= 15 is 0 Å². The maximum Gasteiger partial charge on any atom is 0.261 e. The van der Waals surface area contributed by atoms with E-state index in [2.05, 4.69) is 10.3 Å². The fourth-order valence-electron chi connectivity index (χ4n) is 4.33. The first-order valence-electron chi connectivity index (χ1n) is 10.1. The number of halogens is 1. The highest BCUT2D eigenvalue weighted by atomic mass is 35.5. The lowest BCUT2D eigenvalue weighted by molar-refractivity contribution is 0.0629. The van der Waals surface area contributed by atoms with Gasteiger partial charge in [-0.15, -0.1) is 12.4 Å². The first-order chi connectivity index (χ1) is 13.7. The van der Waals surface area contributed by atoms with Gasteiger partial charge in [0, 0.05) is 30.9 Å². The van der Waals surface area contributed by atoms with Crippen LogP contribution in [0.25, 0.3) is 0 Å². The van der Waals surface area contributed by atoms with Gasteiger partial charge in [-0.05, 0) is 43.4 Å². The van der Waals surface area contributed by atoms with Crippen LogP contribution in [0.4, 0.5) is 0 Å². The number of rotatable bonds is 3. The Kier molecular flexibility index (Phi) is 6.98. The van der Waals surface area contributed by atoms with Gasteiger partial charge in [-0.2, -0.15) is 0 Å². The Hall–Kier alpha value is -2.31. The van der Waals surface area contributed by atoms with E-state index in [1.54, 1.807) is 7.11 Å². The van der Waals surface area contributed by atoms with E-state index in [1.165, 1.54) is 0 Å². The predicted octanol–water partition coefficient (Wildman–Crippen LogP) is 2.86. The maximum atomic E-state index is 13.4. The van der Waals surface area contributed by atoms with Crippen molar-refractivity contribution in [3.8, 4) is 5.75 Å². The molecule has 7 heteroatoms. The normalized spacial score (nSPS) is 18.9. The number of aryl methyl sites for hydroxylation is 2. The molecule has 0 spiro atoms. The highest BCUT2D eigenvalue weighted by molar-refractivity contribution is 5.94. The lowest BCUT2D eigenvalue weighted by Gasteiger charge is -2.37. The van der Waals surface area contributed by atoms with Crippen LogP contribution in [0.15, 0.2) is 35.1 Å². The summed E-state index contributed by atoms with van der Waals surface area (Å²) in [5.41, 5.74) is 3.05. The molecule has 0 saturated carbocycles. The van der Waals surface area contributed by atoms with Crippen molar-refractivity contribution in [1.29, 1.82) is 0 Å². The third-order valence-electron chi connectivity index (χ3n) is 5.82. The van der Waals surface area contributed by atoms with Gasteiger partial charge in [0.25, 0.3) is 11.5 Å². The van der Waals surface area contributed by atoms with E-state index in [0.717, 1.165) is 54.7 Å². The summed E-state index contributed by atoms with van der Waals surface area (Å²) in [5, 5.41) is 3.36. The zero-order valence-corrected chi connectivity index (χ0v) is 17.5. The number of nitrogens with zero attached hydrogens (tertiary/aromatic N) is 1. The fourth-order valence-corrected chi connectivity index (χ4v) is 4.33. The molecule has 1 fully saturated rings. The molecule has 4 rings (SSSR count). The van der Waals surface area contributed by atoms with E-state index in [9.17, 15) is 9.59 Å². The van der Waals surface area contributed by atoms with E-state index in [-0.39, 0.29) is 35.5 Å². The minimum atomic E-state index is -0.275. The van der Waals surface area contributed by atoms with Gasteiger partial charge in [0.2, 0.25) is 0 Å². The summed E-state index contributed by atoms with van der Waals surface area (Å²) in [5.74, 6) is 0.551. The number of fused-ring (bicyclic) bond motifs is 1. The molecule has 2 N–H and O–H groups in total. The van der Waals surface area contributed by atoms with Gasteiger partial charge in [-0.1, -0.05) is 24.6 Å². The van der Waals surface area contributed by atoms with Crippen molar-refractivity contribution in [2.45, 2.75) is 38.1 Å². The fraction of sp³-hybridized carbons (Fsp3) is 0.455. The highest BCUT2D eigenvalue weighted by Gasteiger charge is 2.32. The van der Waals surface area contributed by atoms with Crippen LogP contribution in [0.1, 0.15) is 52.5 Å². The van der Waals surface area contributed by atoms with Gasteiger partial charge in [0.05, 0.1) is 13.2 Å². The molecule has 0 radical (unpaired) electrons. The molecule has 1 aliphatic heterocycles. The monoisotopic (exact) mass is 417 g/mol. The summed E-state index contributed by atoms with van der Waals surface area (Å²) in [6, 6.07) is 9.42. The van der Waals surface area contributed by atoms with Crippen molar-refractivity contribution in [3.63, 3.8) is 0 Å². The average Bonchev–Trinajstić information content (AvgIpc) is 2.97. The largest absolute Gasteiger partial charge is 0.496 e. The Morgan fingerprint density at radius 1 is 1.17 bits per heavy atom. The van der Waals surface area contributed by atoms with Crippen molar-refractivity contribution in [1.82, 2.24) is 15.2 Å². The molecular weight excluding hydrogens is 390 g/mol. The van der Waals surface area contributed by atoms with Crippen LogP contribution in [0, 0.1) is 0 Å². The number of methoxy groups -OCH3 is 1. The lowest BCUT2D eigenvalue weighted by Crippen LogP contribution is -2.49. The standard InChI is InChI=1S/C22H27N3O3.ClH/c1-28-20-10-6-5-8-16(20)19-14-23-11-12-25(19)22(27)17-13-15-7-3-2-4-9-18(15)24-21(17)26;/h5-6,8,10,13,19,23H,2-4,7,9,11-12,14H2,1H3,(H,24,26);1H. The number of nitrogens with one attached hydrogen (secondary N) is 2. The summed E-state index contributed by atoms with van der Waals surface area (Å²) >= 11 is 0. The van der Waals surface area contributed by atoms with Crippen molar-refractivity contribution in [3.05, 3.63) is 63.1 Å². The maximum absolute atomic E-state index is 13.4. The van der Waals surface area contributed by atoms with Gasteiger partial charge in [0.1, 0.15) is 11.3 Å². The van der Waals surface area contributed by atoms with Gasteiger partial charge in [0.15, 0.2) is 0 Å². The zero-order valence-electron chi connectivity index (χ0n) is 16.7. The number of carbonyl (C=O) groups excluding carboxylic acids is 1. The Labute approximate surface area is 177 Å². The van der Waals surface area contributed by atoms with E-state index < -0.39 is 0 Å². The quantitative estimate of drug-likeness (QED) is 0.753. The molecular formula is C22H28ClN3O3. The molecule has 0 bridgehead atoms. The molecule has 2 aliphatic rings. The van der Waals surface area contributed by atoms with Crippen LogP contribution in [-0.2, 0) is 12.8 Å². The molecule has 29 heavy (non-hydrogen) atoms. The minimum Gasteiger partial charge on any atom is -0.496 e. The molecule has 2 heterocycles. The topological polar surface area (TPSA) is 74.4 Å². The molecule has 1 amide bonds. The molecule has 1 atom stereocenters. The summed E-state index contributed by atoms with van der Waals surface area (Å²) in [6.07, 6.45) is 5.15. The number of hydrogen-bond acceptors (Lipinski definition) is 4. The minimum absolute atomic E-state index is 0. The number of amides is 1. The molecule has 1 aromatic heterocycles. The van der Waals surface area contributed by atoms with Crippen molar-refractivity contribution < 1.29 is 9.53 Å². The molecule has 1 unspecified atom stereocenters. The first kappa shape index (κ1) is 21.4. The summed E-state index contributed by atoms with van der Waals surface area (Å²) < 4.78 is 5.51. The number of aromatic nitrogens is 1. The molecule has 1 aliphatic carbocycles. The first-order valence-corrected chi connectivity index (χ1v) is 10.1. The van der Waals surface area contributed by atoms with Crippen LogP contribution in [-0.4, -0.2) is 42.5 Å². The number of carbonyl (C=O) groups is 1. The third kappa shape index (κ3) is 4.33. The average molecular weight is 418 g/mol. The molecule has 1 aromatic carbocycles. The van der Waals surface area contributed by atoms with Crippen LogP contribution < -0.4 is 15.6 Å². The number of pyridine rings is 1. The lowest BCUT2D eigenvalue weighted by atomic mass is 10.00. The number of H-pyrrole nitrogens is 1. The number of benzene rings is 1. The number of ether oxygens (including phenoxy) is 1. The zero-order chi connectivity index (χ0) is 19.5. The van der Waals surface area contributed by atoms with Crippen LogP contribution in [0.5, 0.6) is 5.75 Å². The molecule has 1 saturated heterocycles. The Morgan fingerprint density at radius 2 is 1.97 bits per heavy atom. The van der Waals surface area contributed by atoms with Gasteiger partial charge in [-0.25, -0.2) is 0 Å². The van der Waals surface area contributed by atoms with Gasteiger partial charge in [-0.3, -0.25) is 9.59 Å². The van der Waals surface area contributed by atoms with Crippen LogP contribution in [0.3, 0.4) is 0 Å². The number of para-hydroxylation sites is 1. The molecule has 6 nitrogen and oxygen atoms in total. The van der Waals surface area contributed by atoms with Crippen molar-refractivity contribution in [2.24, 2.45) is 0 Å². The van der Waals surface area contributed by atoms with E-state index in [4.69, 9.17) is 4.74 Å². The van der Waals surface area contributed by atoms with Crippen molar-refractivity contribution in [2.75, 3.05) is 26.7 Å². The Bertz CT molecular complexity index is 928. The second kappa shape index (κ2) is 9.46. The van der Waals surface area contributed by atoms with Gasteiger partial charge < -0.3 is 19.9 Å². The second-order valence-electron chi connectivity index (χ2n) is 7.54. The van der Waals surface area contributed by atoms with E-state index in [1.807, 2.05) is 35.2 Å². The summed E-state index contributed by atoms with van der Waals surface area (Å²) in [7, 11) is 1.64. The Balaban J connectivity index is 0.00000240. The number of piperazine rings is 1. The van der Waals surface area contributed by atoms with Crippen LogP contribution >= 0.6 is 12.4 Å². The Morgan fingerprint density at radius 3 is 2.79 bits per heavy atom. The third-order valence-corrected chi connectivity index (χ3v) is 5.82. The predicted molar refractivity (Wildman–Crippen MR) is 115 cm³/mol. The number of hydrogen-bond donors (Lipinski definition) is 2. The SMILES string of the molecule is COc1ccccc1C1CNCCN1C(=O)c1cc2c([nH]c1=O)CCCCC2.Cl. The number of aromatic amines is 1. The second-order valence-corrected chi connectivity index (χ2v) is 7.54. The summed E-state index contributed by atoms with van der Waals surface area (Å²) in [4.78, 5) is 30.9. The van der Waals surface area contributed by atoms with Crippen LogP contribution in [0.2, 0.25) is 0 Å².